The Labute approximate surface area is 115 Å². The highest BCUT2D eigenvalue weighted by molar-refractivity contribution is 5.76. The molecule has 0 rings (SSSR count). The monoisotopic (exact) mass is 274 g/mol. The molecule has 0 radical (unpaired) electrons. The van der Waals surface area contributed by atoms with Crippen LogP contribution in [0.4, 0.5) is 4.79 Å². The molecule has 0 aliphatic rings. The van der Waals surface area contributed by atoms with Gasteiger partial charge in [0.05, 0.1) is 13.0 Å². The summed E-state index contributed by atoms with van der Waals surface area (Å²) in [6.45, 7) is 8.83. The van der Waals surface area contributed by atoms with Gasteiger partial charge in [-0.3, -0.25) is 4.79 Å². The van der Waals surface area contributed by atoms with Crippen molar-refractivity contribution in [1.82, 2.24) is 9.80 Å². The fraction of sp³-hybridized carbons (Fsp3) is 0.846. The molecular weight excluding hydrogens is 248 g/mol. The first-order valence-electron chi connectivity index (χ1n) is 6.59. The van der Waals surface area contributed by atoms with Crippen molar-refractivity contribution in [2.24, 2.45) is 0 Å². The van der Waals surface area contributed by atoms with Crippen LogP contribution in [0.5, 0.6) is 0 Å². The summed E-state index contributed by atoms with van der Waals surface area (Å²) in [6.07, 6.45) is -0.0415. The molecule has 1 N–H and O–H groups in total. The predicted molar refractivity (Wildman–Crippen MR) is 73.2 cm³/mol. The second-order valence-electron chi connectivity index (χ2n) is 4.99. The van der Waals surface area contributed by atoms with E-state index in [0.29, 0.717) is 13.2 Å². The Morgan fingerprint density at radius 1 is 1.05 bits per heavy atom. The van der Waals surface area contributed by atoms with Crippen LogP contribution in [0.2, 0.25) is 0 Å². The number of hydrogen-bond donors (Lipinski definition) is 1. The zero-order valence-corrected chi connectivity index (χ0v) is 12.5. The lowest BCUT2D eigenvalue weighted by Crippen LogP contribution is -2.50. The fourth-order valence-electron chi connectivity index (χ4n) is 1.72. The summed E-state index contributed by atoms with van der Waals surface area (Å²) < 4.78 is 5.00. The van der Waals surface area contributed by atoms with Crippen LogP contribution < -0.4 is 0 Å². The number of nitrogens with zero attached hydrogens (tertiary/aromatic N) is 2. The summed E-state index contributed by atoms with van der Waals surface area (Å²) >= 11 is 0. The molecule has 0 aromatic rings. The number of carboxylic acid groups (broad SMARTS) is 1. The van der Waals surface area contributed by atoms with E-state index in [1.54, 1.807) is 16.9 Å². The van der Waals surface area contributed by atoms with Gasteiger partial charge in [-0.15, -0.1) is 0 Å². The molecule has 6 heteroatoms. The second-order valence-corrected chi connectivity index (χ2v) is 4.99. The summed E-state index contributed by atoms with van der Waals surface area (Å²) in [7, 11) is 1.59. The van der Waals surface area contributed by atoms with Crippen LogP contribution in [-0.2, 0) is 9.53 Å². The Balaban J connectivity index is 4.76. The van der Waals surface area contributed by atoms with Crippen molar-refractivity contribution in [3.05, 3.63) is 0 Å². The lowest BCUT2D eigenvalue weighted by atomic mass is 10.2. The molecule has 112 valence electrons. The van der Waals surface area contributed by atoms with Crippen molar-refractivity contribution < 1.29 is 19.4 Å². The van der Waals surface area contributed by atoms with Gasteiger partial charge < -0.3 is 19.6 Å². The molecule has 0 aliphatic heterocycles. The molecule has 0 atom stereocenters. The third kappa shape index (κ3) is 6.42. The van der Waals surface area contributed by atoms with Gasteiger partial charge in [-0.05, 0) is 27.7 Å². The molecular formula is C13H26N2O4. The average molecular weight is 274 g/mol. The standard InChI is InChI=1S/C13H26N2O4/c1-10(2)14(7-6-12(16)17)13(18)15(11(3)4)8-9-19-5/h10-11H,6-9H2,1-5H3,(H,16,17). The molecule has 2 amide bonds. The van der Waals surface area contributed by atoms with Gasteiger partial charge in [0.1, 0.15) is 0 Å². The molecule has 0 aliphatic carbocycles. The highest BCUT2D eigenvalue weighted by Gasteiger charge is 2.25. The molecule has 19 heavy (non-hydrogen) atoms. The predicted octanol–water partition coefficient (Wildman–Crippen LogP) is 1.65. The minimum Gasteiger partial charge on any atom is -0.481 e. The van der Waals surface area contributed by atoms with Crippen molar-refractivity contribution in [3.8, 4) is 0 Å². The van der Waals surface area contributed by atoms with Gasteiger partial charge in [0.2, 0.25) is 0 Å². The lowest BCUT2D eigenvalue weighted by molar-refractivity contribution is -0.137. The topological polar surface area (TPSA) is 70.1 Å². The van der Waals surface area contributed by atoms with Gasteiger partial charge in [-0.25, -0.2) is 4.79 Å². The normalized spacial score (nSPS) is 10.9. The Bertz CT molecular complexity index is 292. The zero-order chi connectivity index (χ0) is 15.0. The highest BCUT2D eigenvalue weighted by Crippen LogP contribution is 2.09. The third-order valence-electron chi connectivity index (χ3n) is 2.84. The van der Waals surface area contributed by atoms with Crippen LogP contribution in [0.1, 0.15) is 34.1 Å². The maximum Gasteiger partial charge on any atom is 0.320 e. The van der Waals surface area contributed by atoms with E-state index in [-0.39, 0.29) is 31.1 Å². The molecule has 0 aromatic carbocycles. The Morgan fingerprint density at radius 3 is 1.89 bits per heavy atom. The number of rotatable bonds is 8. The van der Waals surface area contributed by atoms with Crippen LogP contribution in [-0.4, -0.2) is 65.8 Å². The van der Waals surface area contributed by atoms with Crippen molar-refractivity contribution in [2.75, 3.05) is 26.8 Å². The summed E-state index contributed by atoms with van der Waals surface area (Å²) in [5, 5.41) is 8.74. The Hall–Kier alpha value is -1.30. The van der Waals surface area contributed by atoms with Crippen molar-refractivity contribution in [2.45, 2.75) is 46.2 Å². The van der Waals surface area contributed by atoms with Crippen LogP contribution in [0.25, 0.3) is 0 Å². The molecule has 0 saturated heterocycles. The van der Waals surface area contributed by atoms with Crippen LogP contribution >= 0.6 is 0 Å². The zero-order valence-electron chi connectivity index (χ0n) is 12.5. The lowest BCUT2D eigenvalue weighted by Gasteiger charge is -2.35. The first-order valence-corrected chi connectivity index (χ1v) is 6.59. The summed E-state index contributed by atoms with van der Waals surface area (Å²) in [5.74, 6) is -0.897. The molecule has 0 heterocycles. The van der Waals surface area contributed by atoms with Gasteiger partial charge in [-0.1, -0.05) is 0 Å². The molecule has 0 spiro atoms. The van der Waals surface area contributed by atoms with Crippen LogP contribution in [0.3, 0.4) is 0 Å². The van der Waals surface area contributed by atoms with E-state index < -0.39 is 5.97 Å². The van der Waals surface area contributed by atoms with Gasteiger partial charge in [0.15, 0.2) is 0 Å². The number of urea groups is 1. The van der Waals surface area contributed by atoms with Gasteiger partial charge in [0, 0.05) is 32.3 Å². The maximum atomic E-state index is 12.4. The SMILES string of the molecule is COCCN(C(=O)N(CCC(=O)O)C(C)C)C(C)C. The largest absolute Gasteiger partial charge is 0.481 e. The number of aliphatic carboxylic acids is 1. The minimum atomic E-state index is -0.897. The second kappa shape index (κ2) is 8.74. The Kier molecular flexibility index (Phi) is 8.14. The van der Waals surface area contributed by atoms with E-state index >= 15 is 0 Å². The maximum absolute atomic E-state index is 12.4. The van der Waals surface area contributed by atoms with Gasteiger partial charge in [-0.2, -0.15) is 0 Å². The molecule has 0 bridgehead atoms. The van der Waals surface area contributed by atoms with Crippen molar-refractivity contribution in [3.63, 3.8) is 0 Å². The van der Waals surface area contributed by atoms with Crippen molar-refractivity contribution in [1.29, 1.82) is 0 Å². The first kappa shape index (κ1) is 17.7. The molecule has 6 nitrogen and oxygen atoms in total. The Morgan fingerprint density at radius 2 is 1.53 bits per heavy atom. The van der Waals surface area contributed by atoms with E-state index in [0.717, 1.165) is 0 Å². The number of ether oxygens (including phenoxy) is 1. The fourth-order valence-corrected chi connectivity index (χ4v) is 1.72. The number of amides is 2. The number of carboxylic acids is 1. The van der Waals surface area contributed by atoms with Crippen molar-refractivity contribution >= 4 is 12.0 Å². The summed E-state index contributed by atoms with van der Waals surface area (Å²) in [4.78, 5) is 26.4. The molecule has 0 aromatic heterocycles. The molecule has 0 saturated carbocycles. The van der Waals surface area contributed by atoms with E-state index in [1.807, 2.05) is 27.7 Å². The molecule has 0 fully saturated rings. The van der Waals surface area contributed by atoms with Gasteiger partial charge in [0.25, 0.3) is 0 Å². The van der Waals surface area contributed by atoms with E-state index in [9.17, 15) is 9.59 Å². The quantitative estimate of drug-likeness (QED) is 0.730. The van der Waals surface area contributed by atoms with E-state index in [4.69, 9.17) is 9.84 Å². The number of carbonyl (C=O) groups is 2. The average Bonchev–Trinajstić information content (AvgIpc) is 2.28. The van der Waals surface area contributed by atoms with Gasteiger partial charge >= 0.3 is 12.0 Å². The number of hydrogen-bond acceptors (Lipinski definition) is 3. The van der Waals surface area contributed by atoms with Crippen LogP contribution in [0, 0.1) is 0 Å². The first-order chi connectivity index (χ1) is 8.81. The summed E-state index contributed by atoms with van der Waals surface area (Å²) in [5.41, 5.74) is 0. The van der Waals surface area contributed by atoms with E-state index in [1.165, 1.54) is 0 Å². The smallest absolute Gasteiger partial charge is 0.320 e. The number of carbonyl (C=O) groups excluding carboxylic acids is 1. The summed E-state index contributed by atoms with van der Waals surface area (Å²) in [6, 6.07) is -0.118. The minimum absolute atomic E-state index is 0.0318. The third-order valence-corrected chi connectivity index (χ3v) is 2.84. The molecule has 0 unspecified atom stereocenters. The number of methoxy groups -OCH3 is 1. The van der Waals surface area contributed by atoms with Crippen LogP contribution in [0.15, 0.2) is 0 Å². The van der Waals surface area contributed by atoms with E-state index in [2.05, 4.69) is 0 Å². The highest BCUT2D eigenvalue weighted by atomic mass is 16.5.